The lowest BCUT2D eigenvalue weighted by molar-refractivity contribution is -0.274. The summed E-state index contributed by atoms with van der Waals surface area (Å²) in [5.41, 5.74) is 3.12. The summed E-state index contributed by atoms with van der Waals surface area (Å²) >= 11 is 0. The largest absolute Gasteiger partial charge is 0.573 e. The van der Waals surface area contributed by atoms with Crippen molar-refractivity contribution in [1.29, 1.82) is 0 Å². The SMILES string of the molecule is CC(C)(C)c1ccc(Nc2cccc(Oc3ccc(OC(F)(F)F)cc3)c2)cc1. The molecule has 1 N–H and O–H groups in total. The number of hydrogen-bond acceptors (Lipinski definition) is 3. The fourth-order valence-corrected chi connectivity index (χ4v) is 2.70. The summed E-state index contributed by atoms with van der Waals surface area (Å²) in [6, 6.07) is 20.8. The van der Waals surface area contributed by atoms with Crippen LogP contribution in [0.5, 0.6) is 17.2 Å². The summed E-state index contributed by atoms with van der Waals surface area (Å²) in [6.45, 7) is 6.49. The third kappa shape index (κ3) is 6.17. The first kappa shape index (κ1) is 20.6. The zero-order valence-electron chi connectivity index (χ0n) is 16.4. The Labute approximate surface area is 168 Å². The van der Waals surface area contributed by atoms with Gasteiger partial charge in [-0.2, -0.15) is 0 Å². The molecule has 3 nitrogen and oxygen atoms in total. The molecule has 0 saturated heterocycles. The lowest BCUT2D eigenvalue weighted by Gasteiger charge is -2.19. The van der Waals surface area contributed by atoms with Crippen molar-refractivity contribution in [2.24, 2.45) is 0 Å². The molecule has 0 spiro atoms. The van der Waals surface area contributed by atoms with Crippen molar-refractivity contribution in [1.82, 2.24) is 0 Å². The molecule has 0 radical (unpaired) electrons. The summed E-state index contributed by atoms with van der Waals surface area (Å²) in [4.78, 5) is 0. The predicted molar refractivity (Wildman–Crippen MR) is 108 cm³/mol. The summed E-state index contributed by atoms with van der Waals surface area (Å²) in [7, 11) is 0. The Morgan fingerprint density at radius 1 is 0.690 bits per heavy atom. The van der Waals surface area contributed by atoms with Crippen molar-refractivity contribution in [3.8, 4) is 17.2 Å². The Morgan fingerprint density at radius 3 is 1.90 bits per heavy atom. The zero-order chi connectivity index (χ0) is 21.1. The molecular formula is C23H22F3NO2. The first-order chi connectivity index (χ1) is 13.6. The molecule has 29 heavy (non-hydrogen) atoms. The van der Waals surface area contributed by atoms with E-state index in [1.54, 1.807) is 6.07 Å². The van der Waals surface area contributed by atoms with Crippen molar-refractivity contribution in [3.63, 3.8) is 0 Å². The molecule has 0 aliphatic rings. The molecule has 0 aliphatic carbocycles. The third-order valence-corrected chi connectivity index (χ3v) is 4.17. The number of benzene rings is 3. The highest BCUT2D eigenvalue weighted by molar-refractivity contribution is 5.61. The smallest absolute Gasteiger partial charge is 0.457 e. The molecule has 0 aliphatic heterocycles. The quantitative estimate of drug-likeness (QED) is 0.482. The molecule has 0 unspecified atom stereocenters. The van der Waals surface area contributed by atoms with Crippen LogP contribution < -0.4 is 14.8 Å². The maximum absolute atomic E-state index is 12.2. The van der Waals surface area contributed by atoms with E-state index >= 15 is 0 Å². The number of ether oxygens (including phenoxy) is 2. The minimum atomic E-state index is -4.71. The maximum Gasteiger partial charge on any atom is 0.573 e. The summed E-state index contributed by atoms with van der Waals surface area (Å²) < 4.78 is 46.3. The highest BCUT2D eigenvalue weighted by atomic mass is 19.4. The number of hydrogen-bond donors (Lipinski definition) is 1. The number of alkyl halides is 3. The van der Waals surface area contributed by atoms with E-state index in [9.17, 15) is 13.2 Å². The first-order valence-electron chi connectivity index (χ1n) is 9.10. The van der Waals surface area contributed by atoms with Crippen LogP contribution in [0.4, 0.5) is 24.5 Å². The molecule has 6 heteroatoms. The van der Waals surface area contributed by atoms with Crippen molar-refractivity contribution in [2.45, 2.75) is 32.5 Å². The third-order valence-electron chi connectivity index (χ3n) is 4.17. The van der Waals surface area contributed by atoms with Crippen LogP contribution in [0.1, 0.15) is 26.3 Å². The van der Waals surface area contributed by atoms with E-state index in [-0.39, 0.29) is 11.2 Å². The summed E-state index contributed by atoms with van der Waals surface area (Å²) in [5.74, 6) is 0.677. The average molecular weight is 401 g/mol. The van der Waals surface area contributed by atoms with Gasteiger partial charge >= 0.3 is 6.36 Å². The van der Waals surface area contributed by atoms with Crippen LogP contribution in [0.25, 0.3) is 0 Å². The number of rotatable bonds is 5. The van der Waals surface area contributed by atoms with Crippen LogP contribution in [0.2, 0.25) is 0 Å². The van der Waals surface area contributed by atoms with Crippen LogP contribution in [0.15, 0.2) is 72.8 Å². The fraction of sp³-hybridized carbons (Fsp3) is 0.217. The van der Waals surface area contributed by atoms with E-state index < -0.39 is 6.36 Å². The van der Waals surface area contributed by atoms with Crippen LogP contribution in [-0.4, -0.2) is 6.36 Å². The van der Waals surface area contributed by atoms with E-state index in [0.717, 1.165) is 11.4 Å². The first-order valence-corrected chi connectivity index (χ1v) is 9.10. The van der Waals surface area contributed by atoms with Gasteiger partial charge in [0.25, 0.3) is 0 Å². The molecule has 0 heterocycles. The van der Waals surface area contributed by atoms with Gasteiger partial charge in [-0.3, -0.25) is 0 Å². The zero-order valence-corrected chi connectivity index (χ0v) is 16.4. The van der Waals surface area contributed by atoms with Crippen LogP contribution >= 0.6 is 0 Å². The second-order valence-corrected chi connectivity index (χ2v) is 7.60. The Bertz CT molecular complexity index is 944. The Kier molecular flexibility index (Phi) is 5.73. The van der Waals surface area contributed by atoms with Gasteiger partial charge in [-0.25, -0.2) is 0 Å². The van der Waals surface area contributed by atoms with E-state index in [1.165, 1.54) is 29.8 Å². The van der Waals surface area contributed by atoms with Gasteiger partial charge in [-0.15, -0.1) is 13.2 Å². The molecule has 3 rings (SSSR count). The summed E-state index contributed by atoms with van der Waals surface area (Å²) in [5, 5.41) is 3.32. The van der Waals surface area contributed by atoms with Crippen LogP contribution in [0.3, 0.4) is 0 Å². The van der Waals surface area contributed by atoms with Gasteiger partial charge in [-0.05, 0) is 59.5 Å². The van der Waals surface area contributed by atoms with Crippen LogP contribution in [-0.2, 0) is 5.41 Å². The van der Waals surface area contributed by atoms with E-state index in [0.29, 0.717) is 11.5 Å². The molecule has 0 atom stereocenters. The van der Waals surface area contributed by atoms with Crippen LogP contribution in [0, 0.1) is 0 Å². The van der Waals surface area contributed by atoms with Crippen molar-refractivity contribution in [3.05, 3.63) is 78.4 Å². The molecule has 152 valence electrons. The number of nitrogens with one attached hydrogen (secondary N) is 1. The minimum Gasteiger partial charge on any atom is -0.457 e. The maximum atomic E-state index is 12.2. The highest BCUT2D eigenvalue weighted by Gasteiger charge is 2.30. The molecular weight excluding hydrogens is 379 g/mol. The molecule has 3 aromatic carbocycles. The van der Waals surface area contributed by atoms with Gasteiger partial charge in [0.05, 0.1) is 0 Å². The lowest BCUT2D eigenvalue weighted by atomic mass is 9.87. The van der Waals surface area contributed by atoms with Gasteiger partial charge in [0, 0.05) is 17.4 Å². The second-order valence-electron chi connectivity index (χ2n) is 7.60. The molecule has 0 saturated carbocycles. The monoisotopic (exact) mass is 401 g/mol. The highest BCUT2D eigenvalue weighted by Crippen LogP contribution is 2.30. The number of halogens is 3. The standard InChI is InChI=1S/C23H22F3NO2/c1-22(2,3)16-7-9-17(10-8-16)27-18-5-4-6-21(15-18)28-19-11-13-20(14-12-19)29-23(24,25)26/h4-15,27H,1-3H3. The van der Waals surface area contributed by atoms with Gasteiger partial charge in [-0.1, -0.05) is 39.0 Å². The minimum absolute atomic E-state index is 0.0903. The Balaban J connectivity index is 1.66. The molecule has 0 aromatic heterocycles. The van der Waals surface area contributed by atoms with Gasteiger partial charge in [0.15, 0.2) is 0 Å². The Morgan fingerprint density at radius 2 is 1.31 bits per heavy atom. The summed E-state index contributed by atoms with van der Waals surface area (Å²) in [6.07, 6.45) is -4.71. The molecule has 0 fully saturated rings. The Hall–Kier alpha value is -3.15. The molecule has 0 bridgehead atoms. The number of anilines is 2. The van der Waals surface area contributed by atoms with Crippen molar-refractivity contribution < 1.29 is 22.6 Å². The van der Waals surface area contributed by atoms with Crippen molar-refractivity contribution >= 4 is 11.4 Å². The van der Waals surface area contributed by atoms with Gasteiger partial charge in [0.2, 0.25) is 0 Å². The predicted octanol–water partition coefficient (Wildman–Crippen LogP) is 7.42. The fourth-order valence-electron chi connectivity index (χ4n) is 2.70. The second kappa shape index (κ2) is 8.07. The molecule has 0 amide bonds. The van der Waals surface area contributed by atoms with Gasteiger partial charge < -0.3 is 14.8 Å². The van der Waals surface area contributed by atoms with Crippen molar-refractivity contribution in [2.75, 3.05) is 5.32 Å². The normalized spacial score (nSPS) is 11.8. The topological polar surface area (TPSA) is 30.5 Å². The molecule has 3 aromatic rings. The van der Waals surface area contributed by atoms with E-state index in [1.807, 2.05) is 30.3 Å². The average Bonchev–Trinajstić information content (AvgIpc) is 2.62. The van der Waals surface area contributed by atoms with E-state index in [2.05, 4.69) is 43.0 Å². The van der Waals surface area contributed by atoms with E-state index in [4.69, 9.17) is 4.74 Å². The lowest BCUT2D eigenvalue weighted by Crippen LogP contribution is -2.16. The van der Waals surface area contributed by atoms with Gasteiger partial charge in [0.1, 0.15) is 17.2 Å².